The minimum atomic E-state index is -0.207. The van der Waals surface area contributed by atoms with Crippen molar-refractivity contribution in [2.45, 2.75) is 24.7 Å². The lowest BCUT2D eigenvalue weighted by Gasteiger charge is -2.43. The number of aliphatic imine (C=N–C) groups is 1. The number of nitrogens with zero attached hydrogens (tertiary/aromatic N) is 2. The fourth-order valence-electron chi connectivity index (χ4n) is 6.34. The van der Waals surface area contributed by atoms with Crippen molar-refractivity contribution in [3.8, 4) is 5.75 Å². The summed E-state index contributed by atoms with van der Waals surface area (Å²) in [6.45, 7) is 2.08. The molecular formula is C34H27I2N3O2S. The van der Waals surface area contributed by atoms with Gasteiger partial charge in [-0.3, -0.25) is 4.79 Å². The second kappa shape index (κ2) is 11.7. The summed E-state index contributed by atoms with van der Waals surface area (Å²) >= 11 is 5.64. The monoisotopic (exact) mass is 795 g/mol. The van der Waals surface area contributed by atoms with Crippen molar-refractivity contribution in [2.75, 3.05) is 18.0 Å². The highest BCUT2D eigenvalue weighted by molar-refractivity contribution is 14.1. The smallest absolute Gasteiger partial charge is 0.264 e. The first kappa shape index (κ1) is 28.0. The number of anilines is 1. The molecular weight excluding hydrogens is 768 g/mol. The third-order valence-electron chi connectivity index (χ3n) is 8.23. The van der Waals surface area contributed by atoms with Gasteiger partial charge in [-0.15, -0.1) is 0 Å². The highest BCUT2D eigenvalue weighted by atomic mass is 127. The molecule has 3 aliphatic heterocycles. The quantitative estimate of drug-likeness (QED) is 0.161. The summed E-state index contributed by atoms with van der Waals surface area (Å²) in [6.07, 6.45) is 3.86. The molecule has 0 unspecified atom stereocenters. The van der Waals surface area contributed by atoms with E-state index in [-0.39, 0.29) is 23.5 Å². The predicted molar refractivity (Wildman–Crippen MR) is 189 cm³/mol. The Bertz CT molecular complexity index is 1690. The van der Waals surface area contributed by atoms with Crippen LogP contribution in [-0.2, 0) is 4.79 Å². The number of carbonyl (C=O) groups is 1. The Labute approximate surface area is 276 Å². The molecule has 0 bridgehead atoms. The number of rotatable bonds is 4. The first-order valence-electron chi connectivity index (χ1n) is 13.9. The van der Waals surface area contributed by atoms with Gasteiger partial charge in [-0.2, -0.15) is 0 Å². The van der Waals surface area contributed by atoms with E-state index in [1.807, 2.05) is 12.1 Å². The molecule has 0 aromatic heterocycles. The van der Waals surface area contributed by atoms with Crippen molar-refractivity contribution in [3.63, 3.8) is 0 Å². The van der Waals surface area contributed by atoms with E-state index in [0.717, 1.165) is 38.8 Å². The molecule has 4 aromatic rings. The lowest BCUT2D eigenvalue weighted by atomic mass is 9.76. The van der Waals surface area contributed by atoms with Gasteiger partial charge >= 0.3 is 0 Å². The van der Waals surface area contributed by atoms with E-state index >= 15 is 0 Å². The molecule has 0 spiro atoms. The average molecular weight is 795 g/mol. The van der Waals surface area contributed by atoms with Gasteiger partial charge in [-0.1, -0.05) is 60.7 Å². The Balaban J connectivity index is 1.31. The molecule has 0 aliphatic carbocycles. The third kappa shape index (κ3) is 5.37. The summed E-state index contributed by atoms with van der Waals surface area (Å²) in [5.74, 6) is 0.553. The number of carbonyl (C=O) groups excluding carboxylic acids is 1. The van der Waals surface area contributed by atoms with Gasteiger partial charge in [-0.05, 0) is 122 Å². The summed E-state index contributed by atoms with van der Waals surface area (Å²) in [4.78, 5) is 21.0. The van der Waals surface area contributed by atoms with E-state index in [2.05, 4.69) is 128 Å². The van der Waals surface area contributed by atoms with Crippen molar-refractivity contribution >= 4 is 85.5 Å². The molecule has 0 radical (unpaired) electrons. The molecule has 42 heavy (non-hydrogen) atoms. The Morgan fingerprint density at radius 1 is 0.881 bits per heavy atom. The van der Waals surface area contributed by atoms with Crippen molar-refractivity contribution in [3.05, 3.63) is 125 Å². The fraction of sp³-hybridized carbons (Fsp3) is 0.176. The minimum Gasteiger partial charge on any atom is -0.506 e. The van der Waals surface area contributed by atoms with Gasteiger partial charge < -0.3 is 15.3 Å². The van der Waals surface area contributed by atoms with Crippen molar-refractivity contribution in [2.24, 2.45) is 4.99 Å². The predicted octanol–water partition coefficient (Wildman–Crippen LogP) is 8.37. The molecule has 1 fully saturated rings. The van der Waals surface area contributed by atoms with Gasteiger partial charge in [0.15, 0.2) is 5.17 Å². The van der Waals surface area contributed by atoms with Crippen molar-refractivity contribution < 1.29 is 9.90 Å². The number of hydrogen-bond acceptors (Lipinski definition) is 5. The second-order valence-corrected chi connectivity index (χ2v) is 14.2. The Hall–Kier alpha value is -2.83. The van der Waals surface area contributed by atoms with E-state index < -0.39 is 0 Å². The van der Waals surface area contributed by atoms with Crippen LogP contribution in [-0.4, -0.2) is 29.3 Å². The van der Waals surface area contributed by atoms with E-state index in [4.69, 9.17) is 4.99 Å². The lowest BCUT2D eigenvalue weighted by molar-refractivity contribution is -0.115. The molecule has 1 saturated heterocycles. The largest absolute Gasteiger partial charge is 0.506 e. The Morgan fingerprint density at radius 3 is 2.07 bits per heavy atom. The number of amidine groups is 1. The van der Waals surface area contributed by atoms with Gasteiger partial charge in [0.25, 0.3) is 5.91 Å². The zero-order valence-electron chi connectivity index (χ0n) is 22.6. The van der Waals surface area contributed by atoms with Crippen molar-refractivity contribution in [1.82, 2.24) is 5.32 Å². The molecule has 1 amide bonds. The number of phenols is 1. The number of amides is 1. The number of aromatic hydroxyl groups is 1. The average Bonchev–Trinajstić information content (AvgIpc) is 3.34. The molecule has 8 heteroatoms. The van der Waals surface area contributed by atoms with Gasteiger partial charge in [0.2, 0.25) is 0 Å². The van der Waals surface area contributed by atoms with Gasteiger partial charge in [-0.25, -0.2) is 4.99 Å². The number of nitrogens with one attached hydrogen (secondary N) is 1. The van der Waals surface area contributed by atoms with Crippen LogP contribution < -0.4 is 10.2 Å². The summed E-state index contributed by atoms with van der Waals surface area (Å²) in [6, 6.07) is 29.8. The van der Waals surface area contributed by atoms with Crippen LogP contribution in [0.3, 0.4) is 0 Å². The SMILES string of the molecule is O=C1NC(=Nc2cc3c4c(c2)[C@@H](c2ccccc2)CCN4CC[C@@H]3c2ccccc2)S/C1=C\c1cc(I)cc(I)c1O. The number of hydrogen-bond donors (Lipinski definition) is 2. The summed E-state index contributed by atoms with van der Waals surface area (Å²) in [5.41, 5.74) is 8.11. The number of thioether (sulfide) groups is 1. The van der Waals surface area contributed by atoms with E-state index in [9.17, 15) is 9.90 Å². The molecule has 3 heterocycles. The Morgan fingerprint density at radius 2 is 1.48 bits per heavy atom. The molecule has 7 rings (SSSR count). The van der Waals surface area contributed by atoms with Crippen LogP contribution in [0, 0.1) is 7.14 Å². The summed E-state index contributed by atoms with van der Waals surface area (Å²) < 4.78 is 1.75. The first-order valence-corrected chi connectivity index (χ1v) is 16.9. The maximum absolute atomic E-state index is 13.0. The zero-order valence-corrected chi connectivity index (χ0v) is 27.7. The molecule has 0 saturated carbocycles. The highest BCUT2D eigenvalue weighted by Crippen LogP contribution is 2.50. The van der Waals surface area contributed by atoms with Gasteiger partial charge in [0.1, 0.15) is 5.75 Å². The summed E-state index contributed by atoms with van der Waals surface area (Å²) in [7, 11) is 0. The number of halogens is 2. The van der Waals surface area contributed by atoms with Crippen LogP contribution in [0.2, 0.25) is 0 Å². The minimum absolute atomic E-state index is 0.180. The van der Waals surface area contributed by atoms with Gasteiger partial charge in [0.05, 0.1) is 14.2 Å². The maximum Gasteiger partial charge on any atom is 0.264 e. The van der Waals surface area contributed by atoms with Crippen LogP contribution in [0.5, 0.6) is 5.75 Å². The van der Waals surface area contributed by atoms with E-state index in [0.29, 0.717) is 15.6 Å². The fourth-order valence-corrected chi connectivity index (χ4v) is 9.06. The van der Waals surface area contributed by atoms with Crippen LogP contribution in [0.15, 0.2) is 94.8 Å². The van der Waals surface area contributed by atoms with Crippen molar-refractivity contribution in [1.29, 1.82) is 0 Å². The first-order chi connectivity index (χ1) is 20.4. The zero-order chi connectivity index (χ0) is 28.8. The van der Waals surface area contributed by atoms with E-state index in [1.165, 1.54) is 39.7 Å². The van der Waals surface area contributed by atoms with E-state index in [1.54, 1.807) is 6.08 Å². The summed E-state index contributed by atoms with van der Waals surface area (Å²) in [5, 5.41) is 14.1. The third-order valence-corrected chi connectivity index (χ3v) is 10.6. The van der Waals surface area contributed by atoms with Crippen LogP contribution in [0.1, 0.15) is 52.5 Å². The standard InChI is InChI=1S/C34H27I2N3O2S/c35-23-15-22(32(40)29(36)17-23)16-30-33(41)38-34(42-30)37-24-18-27-25(20-7-3-1-4-8-20)11-13-39-14-12-26(28(19-24)31(27)39)21-9-5-2-6-10-21/h1-10,15-19,25-26,40H,11-14H2,(H,37,38,41)/b30-16-/t25-,26-/m1/s1. The molecule has 3 aliphatic rings. The molecule has 5 nitrogen and oxygen atoms in total. The topological polar surface area (TPSA) is 64.9 Å². The van der Waals surface area contributed by atoms with Crippen LogP contribution in [0.4, 0.5) is 11.4 Å². The number of phenolic OH excluding ortho intramolecular Hbond substituents is 1. The second-order valence-electron chi connectivity index (χ2n) is 10.8. The Kier molecular flexibility index (Phi) is 7.78. The lowest BCUT2D eigenvalue weighted by Crippen LogP contribution is -2.37. The molecule has 210 valence electrons. The highest BCUT2D eigenvalue weighted by Gasteiger charge is 2.35. The molecule has 2 atom stereocenters. The van der Waals surface area contributed by atoms with Gasteiger partial charge in [0, 0.05) is 39.7 Å². The van der Waals surface area contributed by atoms with Crippen LogP contribution >= 0.6 is 56.9 Å². The normalized spacial score (nSPS) is 21.5. The van der Waals surface area contributed by atoms with Crippen LogP contribution in [0.25, 0.3) is 6.08 Å². The maximum atomic E-state index is 13.0. The molecule has 2 N–H and O–H groups in total. The number of benzene rings is 4. The molecule has 4 aromatic carbocycles.